The fourth-order valence-corrected chi connectivity index (χ4v) is 2.91. The number of nitrogens with one attached hydrogen (secondary N) is 2. The Bertz CT molecular complexity index is 834. The molecule has 0 unspecified atom stereocenters. The lowest BCUT2D eigenvalue weighted by Gasteiger charge is -2.11. The van der Waals surface area contributed by atoms with Crippen LogP contribution in [0.1, 0.15) is 18.1 Å². The van der Waals surface area contributed by atoms with Gasteiger partial charge in [-0.25, -0.2) is 18.5 Å². The second-order valence-electron chi connectivity index (χ2n) is 5.69. The van der Waals surface area contributed by atoms with Crippen LogP contribution in [-0.4, -0.2) is 27.5 Å². The van der Waals surface area contributed by atoms with E-state index in [9.17, 15) is 8.42 Å². The molecule has 0 aliphatic heterocycles. The molecule has 8 heteroatoms. The fourth-order valence-electron chi connectivity index (χ4n) is 2.27. The Labute approximate surface area is 159 Å². The van der Waals surface area contributed by atoms with Gasteiger partial charge in [0.15, 0.2) is 5.96 Å². The number of primary sulfonamides is 1. The largest absolute Gasteiger partial charge is 0.357 e. The van der Waals surface area contributed by atoms with Crippen LogP contribution >= 0.6 is 11.6 Å². The highest BCUT2D eigenvalue weighted by Crippen LogP contribution is 2.10. The van der Waals surface area contributed by atoms with Gasteiger partial charge >= 0.3 is 0 Å². The van der Waals surface area contributed by atoms with Gasteiger partial charge in [-0.2, -0.15) is 0 Å². The zero-order valence-corrected chi connectivity index (χ0v) is 16.1. The zero-order valence-electron chi connectivity index (χ0n) is 14.6. The van der Waals surface area contributed by atoms with Gasteiger partial charge in [0, 0.05) is 18.1 Å². The fraction of sp³-hybridized carbons (Fsp3) is 0.278. The van der Waals surface area contributed by atoms with Gasteiger partial charge in [0.25, 0.3) is 0 Å². The second-order valence-corrected chi connectivity index (χ2v) is 7.69. The summed E-state index contributed by atoms with van der Waals surface area (Å²) in [4.78, 5) is 4.61. The van der Waals surface area contributed by atoms with Crippen molar-refractivity contribution in [3.8, 4) is 0 Å². The third-order valence-electron chi connectivity index (χ3n) is 3.64. The van der Waals surface area contributed by atoms with Crippen LogP contribution in [0, 0.1) is 0 Å². The smallest absolute Gasteiger partial charge is 0.238 e. The van der Waals surface area contributed by atoms with E-state index < -0.39 is 10.0 Å². The van der Waals surface area contributed by atoms with E-state index in [0.717, 1.165) is 30.1 Å². The minimum Gasteiger partial charge on any atom is -0.357 e. The molecule has 6 nitrogen and oxygen atoms in total. The maximum Gasteiger partial charge on any atom is 0.238 e. The first-order valence-electron chi connectivity index (χ1n) is 8.27. The van der Waals surface area contributed by atoms with E-state index >= 15 is 0 Å². The predicted molar refractivity (Wildman–Crippen MR) is 106 cm³/mol. The normalized spacial score (nSPS) is 12.0. The number of benzene rings is 2. The number of nitrogens with two attached hydrogens (primary N) is 1. The van der Waals surface area contributed by atoms with Gasteiger partial charge < -0.3 is 10.6 Å². The second kappa shape index (κ2) is 9.56. The van der Waals surface area contributed by atoms with Crippen LogP contribution in [-0.2, 0) is 23.0 Å². The van der Waals surface area contributed by atoms with Gasteiger partial charge in [-0.3, -0.25) is 0 Å². The highest BCUT2D eigenvalue weighted by atomic mass is 35.5. The number of hydrogen-bond acceptors (Lipinski definition) is 3. The Morgan fingerprint density at radius 3 is 2.23 bits per heavy atom. The summed E-state index contributed by atoms with van der Waals surface area (Å²) in [6, 6.07) is 14.1. The molecular weight excluding hydrogens is 372 g/mol. The number of hydrogen-bond donors (Lipinski definition) is 3. The van der Waals surface area contributed by atoms with Crippen LogP contribution in [0.3, 0.4) is 0 Å². The number of nitrogens with zero attached hydrogens (tertiary/aromatic N) is 1. The molecule has 2 rings (SSSR count). The number of aliphatic imine (C=N–C) groups is 1. The van der Waals surface area contributed by atoms with Crippen LogP contribution in [0.25, 0.3) is 0 Å². The van der Waals surface area contributed by atoms with E-state index in [1.807, 2.05) is 31.2 Å². The summed E-state index contributed by atoms with van der Waals surface area (Å²) in [5.74, 6) is 0.706. The topological polar surface area (TPSA) is 96.6 Å². The van der Waals surface area contributed by atoms with Gasteiger partial charge in [-0.15, -0.1) is 0 Å². The van der Waals surface area contributed by atoms with Crippen molar-refractivity contribution in [1.82, 2.24) is 10.6 Å². The van der Waals surface area contributed by atoms with Crippen molar-refractivity contribution in [1.29, 1.82) is 0 Å². The molecule has 0 saturated heterocycles. The third kappa shape index (κ3) is 6.67. The van der Waals surface area contributed by atoms with Crippen molar-refractivity contribution in [3.63, 3.8) is 0 Å². The Morgan fingerprint density at radius 1 is 1.04 bits per heavy atom. The highest BCUT2D eigenvalue weighted by Gasteiger charge is 2.06. The molecule has 0 aromatic heterocycles. The van der Waals surface area contributed by atoms with E-state index in [-0.39, 0.29) is 4.90 Å². The summed E-state index contributed by atoms with van der Waals surface area (Å²) >= 11 is 5.89. The van der Waals surface area contributed by atoms with Gasteiger partial charge in [0.2, 0.25) is 10.0 Å². The van der Waals surface area contributed by atoms with Crippen LogP contribution in [0.5, 0.6) is 0 Å². The molecule has 0 atom stereocenters. The minimum absolute atomic E-state index is 0.0956. The average molecular weight is 395 g/mol. The van der Waals surface area contributed by atoms with E-state index in [1.54, 1.807) is 12.1 Å². The molecule has 0 bridgehead atoms. The van der Waals surface area contributed by atoms with E-state index in [0.29, 0.717) is 12.5 Å². The van der Waals surface area contributed by atoms with Gasteiger partial charge in [-0.05, 0) is 48.7 Å². The minimum atomic E-state index is -3.67. The molecular formula is C18H23ClN4O2S. The Hall–Kier alpha value is -2.09. The molecule has 0 amide bonds. The predicted octanol–water partition coefficient (Wildman–Crippen LogP) is 2.29. The molecule has 0 fully saturated rings. The molecule has 0 radical (unpaired) electrons. The maximum absolute atomic E-state index is 11.3. The zero-order chi connectivity index (χ0) is 19.0. The molecule has 2 aromatic carbocycles. The van der Waals surface area contributed by atoms with Crippen molar-refractivity contribution >= 4 is 27.6 Å². The summed E-state index contributed by atoms with van der Waals surface area (Å²) in [6.45, 7) is 3.91. The van der Waals surface area contributed by atoms with Crippen molar-refractivity contribution in [2.45, 2.75) is 24.8 Å². The number of sulfonamides is 1. The lowest BCUT2D eigenvalue weighted by atomic mass is 10.1. The van der Waals surface area contributed by atoms with Gasteiger partial charge in [0.05, 0.1) is 11.4 Å². The molecule has 140 valence electrons. The number of guanidine groups is 1. The SMILES string of the molecule is CCNC(=NCc1ccc(S(N)(=O)=O)cc1)NCCc1ccc(Cl)cc1. The summed E-state index contributed by atoms with van der Waals surface area (Å²) in [6.07, 6.45) is 0.852. The van der Waals surface area contributed by atoms with Crippen LogP contribution in [0.2, 0.25) is 5.02 Å². The Kier molecular flexibility index (Phi) is 7.44. The van der Waals surface area contributed by atoms with Crippen LogP contribution < -0.4 is 15.8 Å². The summed E-state index contributed by atoms with van der Waals surface area (Å²) in [5, 5.41) is 12.3. The van der Waals surface area contributed by atoms with Crippen molar-refractivity contribution < 1.29 is 8.42 Å². The monoisotopic (exact) mass is 394 g/mol. The molecule has 4 N–H and O–H groups in total. The summed E-state index contributed by atoms with van der Waals surface area (Å²) < 4.78 is 22.5. The molecule has 0 aliphatic rings. The highest BCUT2D eigenvalue weighted by molar-refractivity contribution is 7.89. The molecule has 0 heterocycles. The summed E-state index contributed by atoms with van der Waals surface area (Å²) in [7, 11) is -3.67. The molecule has 0 aliphatic carbocycles. The first-order valence-corrected chi connectivity index (χ1v) is 10.2. The van der Waals surface area contributed by atoms with Gasteiger partial charge in [0.1, 0.15) is 0 Å². The molecule has 26 heavy (non-hydrogen) atoms. The standard InChI is InChI=1S/C18H23ClN4O2S/c1-2-21-18(22-12-11-14-3-7-16(19)8-4-14)23-13-15-5-9-17(10-6-15)26(20,24)25/h3-10H,2,11-13H2,1H3,(H2,20,24,25)(H2,21,22,23). The van der Waals surface area contributed by atoms with E-state index in [4.69, 9.17) is 16.7 Å². The third-order valence-corrected chi connectivity index (χ3v) is 4.82. The van der Waals surface area contributed by atoms with Crippen LogP contribution in [0.4, 0.5) is 0 Å². The Balaban J connectivity index is 1.92. The number of halogens is 1. The molecule has 0 spiro atoms. The molecule has 2 aromatic rings. The number of rotatable bonds is 7. The van der Waals surface area contributed by atoms with Gasteiger partial charge in [-0.1, -0.05) is 35.9 Å². The first-order chi connectivity index (χ1) is 12.4. The molecule has 0 saturated carbocycles. The average Bonchev–Trinajstić information content (AvgIpc) is 2.61. The lowest BCUT2D eigenvalue weighted by Crippen LogP contribution is -2.38. The summed E-state index contributed by atoms with van der Waals surface area (Å²) in [5.41, 5.74) is 2.09. The quantitative estimate of drug-likeness (QED) is 0.495. The Morgan fingerprint density at radius 2 is 1.65 bits per heavy atom. The van der Waals surface area contributed by atoms with Crippen molar-refractivity contribution in [3.05, 3.63) is 64.7 Å². The first kappa shape index (κ1) is 20.2. The maximum atomic E-state index is 11.3. The van der Waals surface area contributed by atoms with E-state index in [2.05, 4.69) is 15.6 Å². The van der Waals surface area contributed by atoms with Crippen molar-refractivity contribution in [2.24, 2.45) is 10.1 Å². The lowest BCUT2D eigenvalue weighted by molar-refractivity contribution is 0.598. The van der Waals surface area contributed by atoms with Crippen LogP contribution in [0.15, 0.2) is 58.4 Å². The van der Waals surface area contributed by atoms with Crippen molar-refractivity contribution in [2.75, 3.05) is 13.1 Å². The van der Waals surface area contributed by atoms with E-state index in [1.165, 1.54) is 17.7 Å².